The number of likely N-dealkylation sites (tertiary alicyclic amines) is 1. The van der Waals surface area contributed by atoms with E-state index in [1.54, 1.807) is 0 Å². The fraction of sp³-hybridized carbons (Fsp3) is 0.923. The molecular weight excluding hydrogens is 252 g/mol. The summed E-state index contributed by atoms with van der Waals surface area (Å²) in [6, 6.07) is 0.102. The molecule has 3 aliphatic rings. The average Bonchev–Trinajstić information content (AvgIpc) is 2.99. The van der Waals surface area contributed by atoms with Crippen molar-refractivity contribution >= 4 is 18.3 Å². The van der Waals surface area contributed by atoms with Gasteiger partial charge in [-0.15, -0.1) is 12.4 Å². The lowest BCUT2D eigenvalue weighted by Crippen LogP contribution is -2.44. The van der Waals surface area contributed by atoms with E-state index in [4.69, 9.17) is 4.74 Å². The molecule has 4 nitrogen and oxygen atoms in total. The van der Waals surface area contributed by atoms with Gasteiger partial charge in [0.25, 0.3) is 0 Å². The standard InChI is InChI=1S/C13H22N2O2.ClH/c16-12(11-2-1-6-14-11)15-7-3-13(10-15)4-8-17-9-5-13;/h11,14H,1-10H2;1H/t11-;/m0./s1. The number of nitrogens with one attached hydrogen (secondary N) is 1. The average molecular weight is 275 g/mol. The molecule has 3 rings (SSSR count). The second-order valence-corrected chi connectivity index (χ2v) is 5.77. The number of hydrogen-bond donors (Lipinski definition) is 1. The third-order valence-corrected chi connectivity index (χ3v) is 4.66. The SMILES string of the molecule is Cl.O=C([C@@H]1CCCN1)N1CCC2(CCOCC2)C1. The van der Waals surface area contributed by atoms with E-state index >= 15 is 0 Å². The van der Waals surface area contributed by atoms with Crippen LogP contribution in [0.25, 0.3) is 0 Å². The van der Waals surface area contributed by atoms with Crippen molar-refractivity contribution in [3.63, 3.8) is 0 Å². The van der Waals surface area contributed by atoms with E-state index in [1.165, 1.54) is 6.42 Å². The molecule has 1 N–H and O–H groups in total. The number of hydrogen-bond acceptors (Lipinski definition) is 3. The minimum absolute atomic E-state index is 0. The number of amides is 1. The summed E-state index contributed by atoms with van der Waals surface area (Å²) in [7, 11) is 0. The number of rotatable bonds is 1. The number of nitrogens with zero attached hydrogens (tertiary/aromatic N) is 1. The van der Waals surface area contributed by atoms with E-state index < -0.39 is 0 Å². The molecule has 0 saturated carbocycles. The minimum atomic E-state index is 0. The monoisotopic (exact) mass is 274 g/mol. The molecule has 3 heterocycles. The van der Waals surface area contributed by atoms with Crippen molar-refractivity contribution in [2.75, 3.05) is 32.8 Å². The number of carbonyl (C=O) groups excluding carboxylic acids is 1. The molecule has 0 unspecified atom stereocenters. The highest BCUT2D eigenvalue weighted by Gasteiger charge is 2.42. The molecule has 0 aromatic heterocycles. The van der Waals surface area contributed by atoms with Crippen LogP contribution in [-0.4, -0.2) is 49.7 Å². The van der Waals surface area contributed by atoms with Gasteiger partial charge in [-0.1, -0.05) is 0 Å². The third-order valence-electron chi connectivity index (χ3n) is 4.66. The summed E-state index contributed by atoms with van der Waals surface area (Å²) in [6.07, 6.45) is 5.60. The summed E-state index contributed by atoms with van der Waals surface area (Å²) in [5.74, 6) is 0.339. The fourth-order valence-corrected chi connectivity index (χ4v) is 3.45. The van der Waals surface area contributed by atoms with Gasteiger partial charge in [0.1, 0.15) is 0 Å². The van der Waals surface area contributed by atoms with Gasteiger partial charge in [0.2, 0.25) is 5.91 Å². The zero-order chi connectivity index (χ0) is 11.7. The van der Waals surface area contributed by atoms with Crippen molar-refractivity contribution in [2.24, 2.45) is 5.41 Å². The Morgan fingerprint density at radius 1 is 1.28 bits per heavy atom. The Kier molecular flexibility index (Phi) is 4.51. The Morgan fingerprint density at radius 2 is 2.06 bits per heavy atom. The van der Waals surface area contributed by atoms with Crippen molar-refractivity contribution in [3.05, 3.63) is 0 Å². The van der Waals surface area contributed by atoms with Crippen molar-refractivity contribution in [3.8, 4) is 0 Å². The zero-order valence-corrected chi connectivity index (χ0v) is 11.6. The maximum Gasteiger partial charge on any atom is 0.239 e. The first-order valence-corrected chi connectivity index (χ1v) is 6.89. The second kappa shape index (κ2) is 5.76. The van der Waals surface area contributed by atoms with E-state index in [0.29, 0.717) is 11.3 Å². The first-order chi connectivity index (χ1) is 8.29. The Morgan fingerprint density at radius 3 is 2.72 bits per heavy atom. The van der Waals surface area contributed by atoms with Crippen LogP contribution in [0.5, 0.6) is 0 Å². The van der Waals surface area contributed by atoms with Crippen LogP contribution >= 0.6 is 12.4 Å². The summed E-state index contributed by atoms with van der Waals surface area (Å²) in [4.78, 5) is 14.4. The van der Waals surface area contributed by atoms with Crippen LogP contribution < -0.4 is 5.32 Å². The van der Waals surface area contributed by atoms with Crippen LogP contribution in [-0.2, 0) is 9.53 Å². The summed E-state index contributed by atoms with van der Waals surface area (Å²) in [5, 5.41) is 3.31. The lowest BCUT2D eigenvalue weighted by Gasteiger charge is -2.33. The predicted molar refractivity (Wildman–Crippen MR) is 72.0 cm³/mol. The van der Waals surface area contributed by atoms with Crippen molar-refractivity contribution < 1.29 is 9.53 Å². The molecular formula is C13H23ClN2O2. The molecule has 0 bridgehead atoms. The largest absolute Gasteiger partial charge is 0.381 e. The fourth-order valence-electron chi connectivity index (χ4n) is 3.45. The Labute approximate surface area is 115 Å². The van der Waals surface area contributed by atoms with E-state index in [1.807, 2.05) is 0 Å². The summed E-state index contributed by atoms with van der Waals surface area (Å²) in [6.45, 7) is 4.68. The molecule has 5 heteroatoms. The smallest absolute Gasteiger partial charge is 0.239 e. The predicted octanol–water partition coefficient (Wildman–Crippen LogP) is 1.19. The first-order valence-electron chi connectivity index (χ1n) is 6.89. The van der Waals surface area contributed by atoms with Crippen LogP contribution in [0.2, 0.25) is 0 Å². The zero-order valence-electron chi connectivity index (χ0n) is 10.8. The summed E-state index contributed by atoms with van der Waals surface area (Å²) in [5.41, 5.74) is 0.381. The highest BCUT2D eigenvalue weighted by molar-refractivity contribution is 5.85. The minimum Gasteiger partial charge on any atom is -0.381 e. The highest BCUT2D eigenvalue weighted by atomic mass is 35.5. The van der Waals surface area contributed by atoms with Gasteiger partial charge in [-0.3, -0.25) is 4.79 Å². The van der Waals surface area contributed by atoms with Gasteiger partial charge in [0, 0.05) is 26.3 Å². The molecule has 0 aromatic carbocycles. The van der Waals surface area contributed by atoms with Gasteiger partial charge in [-0.05, 0) is 44.1 Å². The molecule has 3 saturated heterocycles. The molecule has 104 valence electrons. The summed E-state index contributed by atoms with van der Waals surface area (Å²) < 4.78 is 5.44. The number of ether oxygens (including phenoxy) is 1. The molecule has 3 fully saturated rings. The van der Waals surface area contributed by atoms with E-state index in [-0.39, 0.29) is 18.4 Å². The van der Waals surface area contributed by atoms with E-state index in [0.717, 1.165) is 58.5 Å². The molecule has 0 radical (unpaired) electrons. The van der Waals surface area contributed by atoms with Crippen LogP contribution in [0.15, 0.2) is 0 Å². The lowest BCUT2D eigenvalue weighted by molar-refractivity contribution is -0.132. The van der Waals surface area contributed by atoms with Gasteiger partial charge in [-0.25, -0.2) is 0 Å². The molecule has 1 spiro atoms. The molecule has 0 aliphatic carbocycles. The lowest BCUT2D eigenvalue weighted by atomic mass is 9.80. The number of halogens is 1. The molecule has 0 aromatic rings. The normalized spacial score (nSPS) is 30.4. The molecule has 3 aliphatic heterocycles. The number of carbonyl (C=O) groups is 1. The third kappa shape index (κ3) is 2.65. The maximum absolute atomic E-state index is 12.3. The Bertz CT molecular complexity index is 299. The van der Waals surface area contributed by atoms with Crippen molar-refractivity contribution in [1.29, 1.82) is 0 Å². The Hall–Kier alpha value is -0.320. The topological polar surface area (TPSA) is 41.6 Å². The molecule has 1 atom stereocenters. The van der Waals surface area contributed by atoms with Crippen LogP contribution in [0.1, 0.15) is 32.1 Å². The first kappa shape index (κ1) is 14.1. The van der Waals surface area contributed by atoms with Gasteiger partial charge in [-0.2, -0.15) is 0 Å². The molecule has 1 amide bonds. The van der Waals surface area contributed by atoms with Crippen LogP contribution in [0, 0.1) is 5.41 Å². The maximum atomic E-state index is 12.3. The van der Waals surface area contributed by atoms with Gasteiger partial charge < -0.3 is 15.0 Å². The van der Waals surface area contributed by atoms with Crippen LogP contribution in [0.4, 0.5) is 0 Å². The van der Waals surface area contributed by atoms with Gasteiger partial charge in [0.05, 0.1) is 6.04 Å². The van der Waals surface area contributed by atoms with Gasteiger partial charge in [0.15, 0.2) is 0 Å². The van der Waals surface area contributed by atoms with Crippen LogP contribution in [0.3, 0.4) is 0 Å². The second-order valence-electron chi connectivity index (χ2n) is 5.77. The highest BCUT2D eigenvalue weighted by Crippen LogP contribution is 2.39. The van der Waals surface area contributed by atoms with Crippen molar-refractivity contribution in [2.45, 2.75) is 38.1 Å². The summed E-state index contributed by atoms with van der Waals surface area (Å²) >= 11 is 0. The quantitative estimate of drug-likeness (QED) is 0.781. The molecule has 18 heavy (non-hydrogen) atoms. The van der Waals surface area contributed by atoms with Crippen molar-refractivity contribution in [1.82, 2.24) is 10.2 Å². The van der Waals surface area contributed by atoms with E-state index in [2.05, 4.69) is 10.2 Å². The Balaban J connectivity index is 0.00000120. The van der Waals surface area contributed by atoms with E-state index in [9.17, 15) is 4.79 Å². The van der Waals surface area contributed by atoms with Gasteiger partial charge >= 0.3 is 0 Å².